The summed E-state index contributed by atoms with van der Waals surface area (Å²) in [5, 5.41) is 5.22. The molecule has 0 heterocycles. The summed E-state index contributed by atoms with van der Waals surface area (Å²) in [4.78, 5) is 49.5. The van der Waals surface area contributed by atoms with Crippen LogP contribution >= 0.6 is 23.2 Å². The first-order valence-electron chi connectivity index (χ1n) is 9.65. The van der Waals surface area contributed by atoms with Crippen LogP contribution < -0.4 is 10.6 Å². The van der Waals surface area contributed by atoms with Gasteiger partial charge in [-0.25, -0.2) is 0 Å². The Labute approximate surface area is 195 Å². The third-order valence-corrected chi connectivity index (χ3v) is 5.18. The summed E-state index contributed by atoms with van der Waals surface area (Å²) in [7, 11) is 1.62. The number of likely N-dealkylation sites (N-methyl/N-ethyl adjacent to an activating group) is 1. The maximum atomic E-state index is 12.3. The van der Waals surface area contributed by atoms with Crippen molar-refractivity contribution in [1.82, 2.24) is 15.5 Å². The summed E-state index contributed by atoms with van der Waals surface area (Å²) in [6, 6.07) is 13.6. The molecule has 8 nitrogen and oxygen atoms in total. The maximum absolute atomic E-state index is 12.3. The van der Waals surface area contributed by atoms with Gasteiger partial charge in [-0.05, 0) is 30.7 Å². The van der Waals surface area contributed by atoms with Gasteiger partial charge in [0.1, 0.15) is 6.54 Å². The van der Waals surface area contributed by atoms with Crippen LogP contribution in [0.5, 0.6) is 0 Å². The van der Waals surface area contributed by atoms with Gasteiger partial charge in [-0.1, -0.05) is 53.5 Å². The Balaban J connectivity index is 1.70. The zero-order valence-electron chi connectivity index (χ0n) is 17.6. The molecule has 3 amide bonds. The molecule has 2 aromatic carbocycles. The van der Waals surface area contributed by atoms with E-state index in [1.807, 2.05) is 37.3 Å². The number of nitrogens with one attached hydrogen (secondary N) is 2. The van der Waals surface area contributed by atoms with Crippen molar-refractivity contribution in [1.29, 1.82) is 0 Å². The Bertz CT molecular complexity index is 985. The predicted molar refractivity (Wildman–Crippen MR) is 120 cm³/mol. The molecule has 0 radical (unpaired) electrons. The van der Waals surface area contributed by atoms with Gasteiger partial charge in [0.2, 0.25) is 5.91 Å². The van der Waals surface area contributed by atoms with Gasteiger partial charge in [0, 0.05) is 12.1 Å². The van der Waals surface area contributed by atoms with Gasteiger partial charge < -0.3 is 20.3 Å². The number of hydrogen-bond donors (Lipinski definition) is 2. The highest BCUT2D eigenvalue weighted by Crippen LogP contribution is 2.20. The molecule has 1 atom stereocenters. The predicted octanol–water partition coefficient (Wildman–Crippen LogP) is 2.60. The van der Waals surface area contributed by atoms with E-state index in [1.54, 1.807) is 7.05 Å². The van der Waals surface area contributed by atoms with Gasteiger partial charge in [0.25, 0.3) is 11.8 Å². The second-order valence-electron chi connectivity index (χ2n) is 6.84. The zero-order valence-corrected chi connectivity index (χ0v) is 19.1. The van der Waals surface area contributed by atoms with Crippen LogP contribution in [0.1, 0.15) is 28.9 Å². The Kier molecular flexibility index (Phi) is 9.49. The average Bonchev–Trinajstić information content (AvgIpc) is 2.79. The molecule has 10 heteroatoms. The van der Waals surface area contributed by atoms with E-state index in [0.717, 1.165) is 5.56 Å². The number of rotatable bonds is 9. The second-order valence-corrected chi connectivity index (χ2v) is 7.68. The fourth-order valence-corrected chi connectivity index (χ4v) is 3.12. The summed E-state index contributed by atoms with van der Waals surface area (Å²) in [5.74, 6) is -2.33. The molecule has 0 saturated heterocycles. The zero-order chi connectivity index (χ0) is 23.7. The molecule has 1 unspecified atom stereocenters. The highest BCUT2D eigenvalue weighted by Gasteiger charge is 2.19. The summed E-state index contributed by atoms with van der Waals surface area (Å²) >= 11 is 11.7. The molecular weight excluding hydrogens is 457 g/mol. The van der Waals surface area contributed by atoms with E-state index >= 15 is 0 Å². The van der Waals surface area contributed by atoms with Crippen LogP contribution in [0.3, 0.4) is 0 Å². The first-order valence-corrected chi connectivity index (χ1v) is 10.4. The highest BCUT2D eigenvalue weighted by molar-refractivity contribution is 6.36. The van der Waals surface area contributed by atoms with E-state index in [-0.39, 0.29) is 29.1 Å². The average molecular weight is 480 g/mol. The number of nitrogens with zero attached hydrogens (tertiary/aromatic N) is 1. The van der Waals surface area contributed by atoms with Gasteiger partial charge >= 0.3 is 5.97 Å². The largest absolute Gasteiger partial charge is 0.454 e. The summed E-state index contributed by atoms with van der Waals surface area (Å²) in [5.41, 5.74) is 1.11. The van der Waals surface area contributed by atoms with E-state index in [2.05, 4.69) is 10.6 Å². The van der Waals surface area contributed by atoms with E-state index < -0.39 is 30.9 Å². The van der Waals surface area contributed by atoms with Gasteiger partial charge in [-0.2, -0.15) is 0 Å². The van der Waals surface area contributed by atoms with Gasteiger partial charge in [0.05, 0.1) is 23.2 Å². The van der Waals surface area contributed by atoms with Crippen LogP contribution in [0.15, 0.2) is 48.5 Å². The molecule has 170 valence electrons. The topological polar surface area (TPSA) is 105 Å². The number of carbonyl (C=O) groups excluding carboxylic acids is 4. The molecule has 0 aliphatic heterocycles. The van der Waals surface area contributed by atoms with Crippen LogP contribution in [0.25, 0.3) is 0 Å². The van der Waals surface area contributed by atoms with Crippen molar-refractivity contribution in [2.24, 2.45) is 0 Å². The second kappa shape index (κ2) is 12.1. The number of esters is 1. The normalized spacial score (nSPS) is 11.2. The van der Waals surface area contributed by atoms with Crippen LogP contribution in [-0.2, 0) is 19.1 Å². The lowest BCUT2D eigenvalue weighted by molar-refractivity contribution is -0.152. The van der Waals surface area contributed by atoms with E-state index in [0.29, 0.717) is 5.02 Å². The molecular formula is C22H23Cl2N3O5. The molecule has 0 saturated carbocycles. The monoisotopic (exact) mass is 479 g/mol. The van der Waals surface area contributed by atoms with Gasteiger partial charge in [-0.15, -0.1) is 0 Å². The minimum atomic E-state index is -0.778. The van der Waals surface area contributed by atoms with E-state index in [1.165, 1.54) is 23.1 Å². The molecule has 0 aliphatic carbocycles. The van der Waals surface area contributed by atoms with Gasteiger partial charge in [-0.3, -0.25) is 19.2 Å². The first kappa shape index (κ1) is 25.2. The lowest BCUT2D eigenvalue weighted by Gasteiger charge is -2.25. The third-order valence-electron chi connectivity index (χ3n) is 4.63. The van der Waals surface area contributed by atoms with Crippen LogP contribution in [0.2, 0.25) is 10.0 Å². The molecule has 32 heavy (non-hydrogen) atoms. The molecule has 0 fully saturated rings. The Hall–Kier alpha value is -3.10. The minimum absolute atomic E-state index is 0.148. The number of ether oxygens (including phenoxy) is 1. The molecule has 0 bridgehead atoms. The SMILES string of the molecule is CC(c1ccccc1)N(C)C(=O)COC(=O)CNC(=O)CNC(=O)c1ccc(Cl)cc1Cl. The van der Waals surface area contributed by atoms with Crippen molar-refractivity contribution < 1.29 is 23.9 Å². The Morgan fingerprint density at radius 1 is 1.00 bits per heavy atom. The summed E-state index contributed by atoms with van der Waals surface area (Å²) in [6.45, 7) is 0.595. The van der Waals surface area contributed by atoms with Crippen molar-refractivity contribution in [3.8, 4) is 0 Å². The number of amides is 3. The van der Waals surface area contributed by atoms with Crippen molar-refractivity contribution in [2.75, 3.05) is 26.7 Å². The lowest BCUT2D eigenvalue weighted by atomic mass is 10.1. The maximum Gasteiger partial charge on any atom is 0.325 e. The third kappa shape index (κ3) is 7.55. The fraction of sp³-hybridized carbons (Fsp3) is 0.273. The quantitative estimate of drug-likeness (QED) is 0.537. The number of benzene rings is 2. The van der Waals surface area contributed by atoms with Crippen molar-refractivity contribution in [3.63, 3.8) is 0 Å². The molecule has 0 aromatic heterocycles. The standard InChI is InChI=1S/C22H23Cl2N3O5/c1-14(15-6-4-3-5-7-15)27(2)20(29)13-32-21(30)12-25-19(28)11-26-22(31)17-9-8-16(23)10-18(17)24/h3-10,14H,11-13H2,1-2H3,(H,25,28)(H,26,31). The summed E-state index contributed by atoms with van der Waals surface area (Å²) < 4.78 is 4.92. The fourth-order valence-electron chi connectivity index (χ4n) is 2.63. The van der Waals surface area contributed by atoms with Crippen molar-refractivity contribution in [3.05, 3.63) is 69.7 Å². The minimum Gasteiger partial charge on any atom is -0.454 e. The number of hydrogen-bond acceptors (Lipinski definition) is 5. The Morgan fingerprint density at radius 2 is 1.69 bits per heavy atom. The van der Waals surface area contributed by atoms with Crippen LogP contribution in [0, 0.1) is 0 Å². The number of halogens is 2. The first-order chi connectivity index (χ1) is 15.2. The van der Waals surface area contributed by atoms with E-state index in [4.69, 9.17) is 27.9 Å². The van der Waals surface area contributed by atoms with E-state index in [9.17, 15) is 19.2 Å². The number of carbonyl (C=O) groups is 4. The molecule has 2 aromatic rings. The smallest absolute Gasteiger partial charge is 0.325 e. The van der Waals surface area contributed by atoms with Crippen molar-refractivity contribution >= 4 is 46.9 Å². The lowest BCUT2D eigenvalue weighted by Crippen LogP contribution is -2.40. The molecule has 0 aliphatic rings. The van der Waals surface area contributed by atoms with Crippen LogP contribution in [0.4, 0.5) is 0 Å². The summed E-state index contributed by atoms with van der Waals surface area (Å²) in [6.07, 6.45) is 0. The highest BCUT2D eigenvalue weighted by atomic mass is 35.5. The van der Waals surface area contributed by atoms with Gasteiger partial charge in [0.15, 0.2) is 6.61 Å². The van der Waals surface area contributed by atoms with Crippen LogP contribution in [-0.4, -0.2) is 55.3 Å². The molecule has 2 N–H and O–H groups in total. The Morgan fingerprint density at radius 3 is 2.34 bits per heavy atom. The van der Waals surface area contributed by atoms with Crippen molar-refractivity contribution in [2.45, 2.75) is 13.0 Å². The molecule has 0 spiro atoms. The molecule has 2 rings (SSSR count).